The molecule has 5 heteroatoms. The van der Waals surface area contributed by atoms with E-state index in [0.717, 1.165) is 0 Å². The van der Waals surface area contributed by atoms with E-state index in [1.807, 2.05) is 0 Å². The summed E-state index contributed by atoms with van der Waals surface area (Å²) in [5.74, 6) is -0.0544. The summed E-state index contributed by atoms with van der Waals surface area (Å²) in [4.78, 5) is 10.6. The Kier molecular flexibility index (Phi) is 1.94. The molecule has 4 nitrogen and oxygen atoms in total. The normalized spacial score (nSPS) is 36.0. The molecule has 1 heterocycles. The van der Waals surface area contributed by atoms with E-state index in [1.54, 1.807) is 0 Å². The van der Waals surface area contributed by atoms with Crippen molar-refractivity contribution in [1.82, 2.24) is 10.6 Å². The van der Waals surface area contributed by atoms with Crippen LogP contribution in [0.3, 0.4) is 0 Å². The van der Waals surface area contributed by atoms with Crippen LogP contribution in [0.25, 0.3) is 0 Å². The molecule has 0 saturated carbocycles. The van der Waals surface area contributed by atoms with E-state index in [2.05, 4.69) is 23.3 Å². The third-order valence-electron chi connectivity index (χ3n) is 1.07. The van der Waals surface area contributed by atoms with Gasteiger partial charge < -0.3 is 11.1 Å². The molecule has 0 aliphatic carbocycles. The van der Waals surface area contributed by atoms with Crippen molar-refractivity contribution >= 4 is 18.5 Å². The van der Waals surface area contributed by atoms with E-state index in [0.29, 0.717) is 6.42 Å². The molecule has 9 heavy (non-hydrogen) atoms. The minimum Gasteiger partial charge on any atom is -0.332 e. The first-order chi connectivity index (χ1) is 4.18. The molecule has 0 aromatic carbocycles. The van der Waals surface area contributed by atoms with Gasteiger partial charge in [0, 0.05) is 0 Å². The predicted octanol–water partition coefficient (Wildman–Crippen LogP) is -1.41. The van der Waals surface area contributed by atoms with Gasteiger partial charge in [-0.2, -0.15) is 0 Å². The van der Waals surface area contributed by atoms with Gasteiger partial charge in [0.15, 0.2) is 0 Å². The molecule has 4 N–H and O–H groups in total. The Morgan fingerprint density at radius 1 is 1.78 bits per heavy atom. The van der Waals surface area contributed by atoms with Crippen LogP contribution in [0.15, 0.2) is 0 Å². The quantitative estimate of drug-likeness (QED) is 0.318. The van der Waals surface area contributed by atoms with Gasteiger partial charge in [0.05, 0.1) is 12.6 Å². The van der Waals surface area contributed by atoms with Gasteiger partial charge in [-0.1, -0.05) is 0 Å². The Morgan fingerprint density at radius 3 is 2.89 bits per heavy atom. The summed E-state index contributed by atoms with van der Waals surface area (Å²) in [6.45, 7) is 0. The number of nitrogens with one attached hydrogen (secondary N) is 2. The molecule has 1 amide bonds. The van der Waals surface area contributed by atoms with Crippen LogP contribution in [0.5, 0.6) is 0 Å². The first-order valence-corrected chi connectivity index (χ1v) is 3.19. The summed E-state index contributed by atoms with van der Waals surface area (Å²) in [5, 5.41) is 5.36. The summed E-state index contributed by atoms with van der Waals surface area (Å²) in [6.07, 6.45) is 0.0816. The first kappa shape index (κ1) is 6.85. The van der Waals surface area contributed by atoms with Crippen molar-refractivity contribution in [1.29, 1.82) is 0 Å². The Bertz CT molecular complexity index is 117. The second-order valence-corrected chi connectivity index (χ2v) is 2.46. The lowest BCUT2D eigenvalue weighted by Gasteiger charge is -2.25. The molecule has 1 aliphatic heterocycles. The molecule has 52 valence electrons. The third-order valence-corrected chi connectivity index (χ3v) is 1.35. The summed E-state index contributed by atoms with van der Waals surface area (Å²) in [5.41, 5.74) is 5.10. The zero-order valence-electron chi connectivity index (χ0n) is 4.79. The van der Waals surface area contributed by atoms with Crippen molar-refractivity contribution in [3.05, 3.63) is 0 Å². The molecule has 0 radical (unpaired) electrons. The van der Waals surface area contributed by atoms with E-state index < -0.39 is 0 Å². The van der Waals surface area contributed by atoms with Gasteiger partial charge in [-0.15, -0.1) is 12.6 Å². The average Bonchev–Trinajstić information content (AvgIpc) is 1.59. The van der Waals surface area contributed by atoms with Crippen molar-refractivity contribution in [3.63, 3.8) is 0 Å². The van der Waals surface area contributed by atoms with Gasteiger partial charge in [-0.25, -0.2) is 0 Å². The van der Waals surface area contributed by atoms with Crippen LogP contribution in [0.1, 0.15) is 6.42 Å². The molecule has 0 aromatic rings. The highest BCUT2D eigenvalue weighted by Crippen LogP contribution is 1.96. The zero-order valence-corrected chi connectivity index (χ0v) is 5.69. The predicted molar refractivity (Wildman–Crippen MR) is 36.6 cm³/mol. The molecule has 1 rings (SSSR count). The van der Waals surface area contributed by atoms with Gasteiger partial charge >= 0.3 is 0 Å². The lowest BCUT2D eigenvalue weighted by molar-refractivity contribution is -0.123. The Hall–Kier alpha value is -0.260. The minimum absolute atomic E-state index is 0.0544. The smallest absolute Gasteiger partial charge is 0.224 e. The maximum absolute atomic E-state index is 10.6. The molecular formula is C4H9N3OS. The van der Waals surface area contributed by atoms with Crippen LogP contribution < -0.4 is 16.4 Å². The average molecular weight is 147 g/mol. The minimum atomic E-state index is -0.291. The van der Waals surface area contributed by atoms with Crippen molar-refractivity contribution in [2.75, 3.05) is 0 Å². The van der Waals surface area contributed by atoms with Crippen LogP contribution >= 0.6 is 12.6 Å². The Labute approximate surface area is 58.6 Å². The first-order valence-electron chi connectivity index (χ1n) is 2.67. The maximum atomic E-state index is 10.6. The number of hydrogen-bond acceptors (Lipinski definition) is 4. The molecule has 0 bridgehead atoms. The van der Waals surface area contributed by atoms with E-state index in [4.69, 9.17) is 5.73 Å². The van der Waals surface area contributed by atoms with Gasteiger partial charge in [0.25, 0.3) is 0 Å². The fourth-order valence-corrected chi connectivity index (χ4v) is 1.05. The molecule has 1 saturated heterocycles. The standard InChI is InChI=1S/C4H9N3OS/c5-2-1-3(8)7-4(9)6-2/h2,4,6,9H,1,5H2,(H,7,8). The lowest BCUT2D eigenvalue weighted by atomic mass is 10.3. The van der Waals surface area contributed by atoms with Gasteiger partial charge in [0.1, 0.15) is 5.50 Å². The largest absolute Gasteiger partial charge is 0.332 e. The van der Waals surface area contributed by atoms with Gasteiger partial charge in [-0.3, -0.25) is 10.1 Å². The Morgan fingerprint density at radius 2 is 2.44 bits per heavy atom. The maximum Gasteiger partial charge on any atom is 0.224 e. The highest BCUT2D eigenvalue weighted by Gasteiger charge is 2.19. The van der Waals surface area contributed by atoms with Crippen LogP contribution in [-0.2, 0) is 4.79 Å². The van der Waals surface area contributed by atoms with Gasteiger partial charge in [0.2, 0.25) is 5.91 Å². The van der Waals surface area contributed by atoms with Crippen molar-refractivity contribution in [3.8, 4) is 0 Å². The second-order valence-electron chi connectivity index (χ2n) is 1.95. The number of thiol groups is 1. The summed E-state index contributed by atoms with van der Waals surface area (Å²) in [6, 6.07) is 0. The monoisotopic (exact) mass is 147 g/mol. The highest BCUT2D eigenvalue weighted by atomic mass is 32.1. The molecule has 0 spiro atoms. The summed E-state index contributed by atoms with van der Waals surface area (Å²) in [7, 11) is 0. The van der Waals surface area contributed by atoms with E-state index in [9.17, 15) is 4.79 Å². The second kappa shape index (κ2) is 2.55. The molecular weight excluding hydrogens is 138 g/mol. The van der Waals surface area contributed by atoms with Crippen LogP contribution in [0.4, 0.5) is 0 Å². The number of amides is 1. The number of rotatable bonds is 0. The number of carbonyl (C=O) groups excluding carboxylic acids is 1. The fourth-order valence-electron chi connectivity index (χ4n) is 0.715. The molecule has 0 aromatic heterocycles. The van der Waals surface area contributed by atoms with Crippen LogP contribution in [-0.4, -0.2) is 17.6 Å². The van der Waals surface area contributed by atoms with Crippen molar-refractivity contribution in [2.24, 2.45) is 5.73 Å². The summed E-state index contributed by atoms with van der Waals surface area (Å²) >= 11 is 3.96. The topological polar surface area (TPSA) is 67.2 Å². The van der Waals surface area contributed by atoms with Gasteiger partial charge in [-0.05, 0) is 0 Å². The zero-order chi connectivity index (χ0) is 6.85. The number of nitrogens with two attached hydrogens (primary N) is 1. The van der Waals surface area contributed by atoms with E-state index in [-0.39, 0.29) is 17.6 Å². The third kappa shape index (κ3) is 1.85. The molecule has 1 aliphatic rings. The lowest BCUT2D eigenvalue weighted by Crippen LogP contribution is -2.56. The summed E-state index contributed by atoms with van der Waals surface area (Å²) < 4.78 is 0. The fraction of sp³-hybridized carbons (Fsp3) is 0.750. The number of hydrogen-bond donors (Lipinski definition) is 4. The van der Waals surface area contributed by atoms with E-state index in [1.165, 1.54) is 0 Å². The van der Waals surface area contributed by atoms with Crippen LogP contribution in [0, 0.1) is 0 Å². The Balaban J connectivity index is 2.43. The molecule has 1 fully saturated rings. The molecule has 2 unspecified atom stereocenters. The molecule has 2 atom stereocenters. The van der Waals surface area contributed by atoms with Crippen molar-refractivity contribution in [2.45, 2.75) is 18.1 Å². The van der Waals surface area contributed by atoms with Crippen LogP contribution in [0.2, 0.25) is 0 Å². The van der Waals surface area contributed by atoms with E-state index >= 15 is 0 Å². The highest BCUT2D eigenvalue weighted by molar-refractivity contribution is 7.80. The SMILES string of the molecule is NC1CC(=O)NC(S)N1. The van der Waals surface area contributed by atoms with Crippen molar-refractivity contribution < 1.29 is 4.79 Å². The number of carbonyl (C=O) groups is 1.